The fraction of sp³-hybridized carbons (Fsp3) is 0.750. The Morgan fingerprint density at radius 1 is 2.00 bits per heavy atom. The summed E-state index contributed by atoms with van der Waals surface area (Å²) in [6, 6.07) is 0. The topological polar surface area (TPSA) is 49.3 Å². The molecule has 0 saturated carbocycles. The maximum Gasteiger partial charge on any atom is 0.404 e. The van der Waals surface area contributed by atoms with Crippen molar-refractivity contribution in [3.63, 3.8) is 0 Å². The first-order valence-electron chi connectivity index (χ1n) is 2.24. The molecule has 48 valence electrons. The van der Waals surface area contributed by atoms with Gasteiger partial charge in [0.2, 0.25) is 0 Å². The molecule has 2 N–H and O–H groups in total. The number of carboxylic acid groups (broad SMARTS) is 1. The molecule has 0 spiro atoms. The van der Waals surface area contributed by atoms with E-state index >= 15 is 0 Å². The largest absolute Gasteiger partial charge is 0.465 e. The SMILES string of the molecule is CC(Cl)CNC(=O)O. The van der Waals surface area contributed by atoms with Crippen molar-refractivity contribution in [2.75, 3.05) is 6.54 Å². The highest BCUT2D eigenvalue weighted by Gasteiger charge is 1.96. The quantitative estimate of drug-likeness (QED) is 0.555. The summed E-state index contributed by atoms with van der Waals surface area (Å²) in [5, 5.41) is 9.99. The molecule has 0 aliphatic carbocycles. The van der Waals surface area contributed by atoms with Crippen LogP contribution in [0.3, 0.4) is 0 Å². The summed E-state index contributed by atoms with van der Waals surface area (Å²) in [5.74, 6) is 0. The third-order valence-corrected chi connectivity index (χ3v) is 0.689. The van der Waals surface area contributed by atoms with Crippen molar-refractivity contribution in [3.8, 4) is 0 Å². The second-order valence-corrected chi connectivity index (χ2v) is 2.21. The van der Waals surface area contributed by atoms with Crippen LogP contribution in [0.2, 0.25) is 0 Å². The van der Waals surface area contributed by atoms with E-state index in [4.69, 9.17) is 16.7 Å². The number of halogens is 1. The van der Waals surface area contributed by atoms with Gasteiger partial charge in [-0.25, -0.2) is 4.79 Å². The van der Waals surface area contributed by atoms with Gasteiger partial charge in [-0.1, -0.05) is 0 Å². The number of alkyl halides is 1. The first-order chi connectivity index (χ1) is 3.63. The van der Waals surface area contributed by atoms with Gasteiger partial charge in [0.25, 0.3) is 0 Å². The first kappa shape index (κ1) is 7.56. The number of hydrogen-bond donors (Lipinski definition) is 2. The molecule has 0 heterocycles. The predicted molar refractivity (Wildman–Crippen MR) is 31.3 cm³/mol. The molecular weight excluding hydrogens is 130 g/mol. The summed E-state index contributed by atoms with van der Waals surface area (Å²) in [5.41, 5.74) is 0. The van der Waals surface area contributed by atoms with Crippen molar-refractivity contribution < 1.29 is 9.90 Å². The van der Waals surface area contributed by atoms with Crippen molar-refractivity contribution in [2.45, 2.75) is 12.3 Å². The first-order valence-corrected chi connectivity index (χ1v) is 2.67. The zero-order chi connectivity index (χ0) is 6.57. The highest BCUT2D eigenvalue weighted by molar-refractivity contribution is 6.20. The van der Waals surface area contributed by atoms with Crippen LogP contribution in [0, 0.1) is 0 Å². The number of nitrogens with one attached hydrogen (secondary N) is 1. The second kappa shape index (κ2) is 3.55. The Labute approximate surface area is 52.6 Å². The number of hydrogen-bond acceptors (Lipinski definition) is 1. The zero-order valence-corrected chi connectivity index (χ0v) is 5.27. The molecule has 0 fully saturated rings. The summed E-state index contributed by atoms with van der Waals surface area (Å²) in [7, 11) is 0. The highest BCUT2D eigenvalue weighted by atomic mass is 35.5. The van der Waals surface area contributed by atoms with Gasteiger partial charge in [-0.3, -0.25) is 0 Å². The monoisotopic (exact) mass is 137 g/mol. The third-order valence-electron chi connectivity index (χ3n) is 0.535. The number of rotatable bonds is 2. The number of amides is 1. The molecule has 0 aromatic heterocycles. The third kappa shape index (κ3) is 5.56. The Morgan fingerprint density at radius 2 is 2.50 bits per heavy atom. The average Bonchev–Trinajstić information content (AvgIpc) is 1.61. The van der Waals surface area contributed by atoms with Crippen LogP contribution >= 0.6 is 11.6 Å². The Balaban J connectivity index is 3.05. The van der Waals surface area contributed by atoms with Crippen LogP contribution in [0.5, 0.6) is 0 Å². The van der Waals surface area contributed by atoms with Crippen LogP contribution in [0.4, 0.5) is 4.79 Å². The molecule has 3 nitrogen and oxygen atoms in total. The Morgan fingerprint density at radius 3 is 2.62 bits per heavy atom. The maximum absolute atomic E-state index is 9.73. The smallest absolute Gasteiger partial charge is 0.404 e. The van der Waals surface area contributed by atoms with Gasteiger partial charge in [0.1, 0.15) is 0 Å². The summed E-state index contributed by atoms with van der Waals surface area (Å²) in [6.45, 7) is 2.02. The normalized spacial score (nSPS) is 12.8. The molecular formula is C4H8ClNO2. The maximum atomic E-state index is 9.73. The van der Waals surface area contributed by atoms with Crippen molar-refractivity contribution in [1.29, 1.82) is 0 Å². The van der Waals surface area contributed by atoms with E-state index in [2.05, 4.69) is 5.32 Å². The lowest BCUT2D eigenvalue weighted by molar-refractivity contribution is 0.194. The summed E-state index contributed by atoms with van der Waals surface area (Å²) >= 11 is 5.40. The van der Waals surface area contributed by atoms with Crippen LogP contribution in [-0.2, 0) is 0 Å². The van der Waals surface area contributed by atoms with Gasteiger partial charge < -0.3 is 10.4 Å². The molecule has 1 amide bonds. The lowest BCUT2D eigenvalue weighted by atomic mass is 10.5. The molecule has 0 aromatic rings. The minimum absolute atomic E-state index is 0.133. The predicted octanol–water partition coefficient (Wildman–Crippen LogP) is 0.881. The summed E-state index contributed by atoms with van der Waals surface area (Å²) in [6.07, 6.45) is -1.03. The van der Waals surface area contributed by atoms with Crippen molar-refractivity contribution in [2.24, 2.45) is 0 Å². The van der Waals surface area contributed by atoms with Gasteiger partial charge in [-0.15, -0.1) is 11.6 Å². The number of carbonyl (C=O) groups is 1. The van der Waals surface area contributed by atoms with Crippen LogP contribution in [-0.4, -0.2) is 23.1 Å². The van der Waals surface area contributed by atoms with E-state index in [0.717, 1.165) is 0 Å². The summed E-state index contributed by atoms with van der Waals surface area (Å²) in [4.78, 5) is 9.73. The molecule has 0 rings (SSSR count). The Kier molecular flexibility index (Phi) is 3.35. The van der Waals surface area contributed by atoms with Crippen molar-refractivity contribution >= 4 is 17.7 Å². The van der Waals surface area contributed by atoms with Crippen molar-refractivity contribution in [1.82, 2.24) is 5.32 Å². The van der Waals surface area contributed by atoms with E-state index in [1.165, 1.54) is 0 Å². The van der Waals surface area contributed by atoms with Gasteiger partial charge in [-0.2, -0.15) is 0 Å². The minimum atomic E-state index is -1.03. The molecule has 0 bridgehead atoms. The lowest BCUT2D eigenvalue weighted by Gasteiger charge is -1.99. The second-order valence-electron chi connectivity index (χ2n) is 1.47. The molecule has 1 unspecified atom stereocenters. The van der Waals surface area contributed by atoms with Gasteiger partial charge in [0, 0.05) is 11.9 Å². The Bertz CT molecular complexity index is 84.1. The molecule has 4 heteroatoms. The van der Waals surface area contributed by atoms with Gasteiger partial charge >= 0.3 is 6.09 Å². The van der Waals surface area contributed by atoms with Gasteiger partial charge in [0.15, 0.2) is 0 Å². The molecule has 0 radical (unpaired) electrons. The summed E-state index contributed by atoms with van der Waals surface area (Å²) < 4.78 is 0. The fourth-order valence-electron chi connectivity index (χ4n) is 0.228. The Hall–Kier alpha value is -0.440. The molecule has 0 aliphatic heterocycles. The molecule has 0 aromatic carbocycles. The fourth-order valence-corrected chi connectivity index (χ4v) is 0.305. The minimum Gasteiger partial charge on any atom is -0.465 e. The van der Waals surface area contributed by atoms with E-state index in [9.17, 15) is 4.79 Å². The van der Waals surface area contributed by atoms with E-state index in [1.807, 2.05) is 0 Å². The van der Waals surface area contributed by atoms with E-state index < -0.39 is 6.09 Å². The van der Waals surface area contributed by atoms with Crippen LogP contribution in [0.25, 0.3) is 0 Å². The molecule has 0 saturated heterocycles. The molecule has 0 aliphatic rings. The average molecular weight is 138 g/mol. The van der Waals surface area contributed by atoms with E-state index in [0.29, 0.717) is 6.54 Å². The lowest BCUT2D eigenvalue weighted by Crippen LogP contribution is -2.26. The van der Waals surface area contributed by atoms with Crippen molar-refractivity contribution in [3.05, 3.63) is 0 Å². The highest BCUT2D eigenvalue weighted by Crippen LogP contribution is 1.88. The zero-order valence-electron chi connectivity index (χ0n) is 4.52. The van der Waals surface area contributed by atoms with Gasteiger partial charge in [-0.05, 0) is 6.92 Å². The van der Waals surface area contributed by atoms with Crippen LogP contribution in [0.1, 0.15) is 6.92 Å². The van der Waals surface area contributed by atoms with Crippen LogP contribution in [0.15, 0.2) is 0 Å². The molecule has 1 atom stereocenters. The standard InChI is InChI=1S/C4H8ClNO2/c1-3(5)2-6-4(7)8/h3,6H,2H2,1H3,(H,7,8). The van der Waals surface area contributed by atoms with E-state index in [1.54, 1.807) is 6.92 Å². The van der Waals surface area contributed by atoms with Gasteiger partial charge in [0.05, 0.1) is 0 Å². The van der Waals surface area contributed by atoms with E-state index in [-0.39, 0.29) is 5.38 Å². The van der Waals surface area contributed by atoms with Crippen LogP contribution < -0.4 is 5.32 Å². The molecule has 8 heavy (non-hydrogen) atoms.